The molecule has 2 aliphatic heterocycles. The molecular weight excluding hydrogens is 296 g/mol. The average Bonchev–Trinajstić information content (AvgIpc) is 2.51. The zero-order valence-electron chi connectivity index (χ0n) is 16.8. The molecule has 0 aromatic carbocycles. The molecule has 0 unspecified atom stereocenters. The van der Waals surface area contributed by atoms with E-state index in [0.717, 1.165) is 18.9 Å². The van der Waals surface area contributed by atoms with Crippen LogP contribution in [0, 0.1) is 17.3 Å². The van der Waals surface area contributed by atoms with Crippen LogP contribution in [0.1, 0.15) is 67.2 Å². The first-order valence-electron chi connectivity index (χ1n) is 9.76. The van der Waals surface area contributed by atoms with Crippen molar-refractivity contribution in [2.24, 2.45) is 5.41 Å². The summed E-state index contributed by atoms with van der Waals surface area (Å²) in [5, 5.41) is 0. The molecule has 0 N–H and O–H groups in total. The minimum absolute atomic E-state index is 0.0780. The molecule has 0 aromatic heterocycles. The third-order valence-electron chi connectivity index (χ3n) is 5.26. The van der Waals surface area contributed by atoms with Crippen molar-refractivity contribution in [3.63, 3.8) is 0 Å². The zero-order valence-corrected chi connectivity index (χ0v) is 16.8. The van der Waals surface area contributed by atoms with Crippen molar-refractivity contribution in [3.8, 4) is 11.8 Å². The standard InChI is InChI=1S/C21H38N2O/c1-20(2,3)12-7-17-24-19-10-13-22(14-11-19)18-8-15-23(16-9-18)21(4,5)6/h18-19H,8-11,13-17H2,1-6H3. The maximum atomic E-state index is 5.97. The van der Waals surface area contributed by atoms with E-state index in [1.165, 1.54) is 39.0 Å². The molecule has 2 aliphatic rings. The largest absolute Gasteiger partial charge is 0.365 e. The Kier molecular flexibility index (Phi) is 6.76. The molecule has 0 aromatic rings. The van der Waals surface area contributed by atoms with Crippen molar-refractivity contribution < 1.29 is 4.74 Å². The van der Waals surface area contributed by atoms with Crippen LogP contribution in [0.25, 0.3) is 0 Å². The maximum Gasteiger partial charge on any atom is 0.108 e. The van der Waals surface area contributed by atoms with Crippen LogP contribution in [0.5, 0.6) is 0 Å². The molecule has 0 aliphatic carbocycles. The van der Waals surface area contributed by atoms with E-state index in [2.05, 4.69) is 63.2 Å². The number of nitrogens with zero attached hydrogens (tertiary/aromatic N) is 2. The Morgan fingerprint density at radius 1 is 0.875 bits per heavy atom. The summed E-state index contributed by atoms with van der Waals surface area (Å²) in [4.78, 5) is 5.34. The molecular formula is C21H38N2O. The smallest absolute Gasteiger partial charge is 0.108 e. The van der Waals surface area contributed by atoms with Gasteiger partial charge in [0.05, 0.1) is 6.10 Å². The number of ether oxygens (including phenoxy) is 1. The Morgan fingerprint density at radius 3 is 1.96 bits per heavy atom. The third-order valence-corrected chi connectivity index (χ3v) is 5.26. The first-order chi connectivity index (χ1) is 11.1. The Balaban J connectivity index is 1.67. The second kappa shape index (κ2) is 8.21. The van der Waals surface area contributed by atoms with Crippen LogP contribution < -0.4 is 0 Å². The number of rotatable bonds is 3. The van der Waals surface area contributed by atoms with Crippen LogP contribution in [-0.2, 0) is 4.74 Å². The predicted molar refractivity (Wildman–Crippen MR) is 102 cm³/mol. The van der Waals surface area contributed by atoms with Gasteiger partial charge in [-0.05, 0) is 67.2 Å². The fraction of sp³-hybridized carbons (Fsp3) is 0.905. The molecule has 0 saturated carbocycles. The second-order valence-electron chi connectivity index (χ2n) is 9.49. The molecule has 2 heterocycles. The summed E-state index contributed by atoms with van der Waals surface area (Å²) >= 11 is 0. The van der Waals surface area contributed by atoms with E-state index in [0.29, 0.717) is 18.2 Å². The van der Waals surface area contributed by atoms with Gasteiger partial charge in [-0.2, -0.15) is 0 Å². The maximum absolute atomic E-state index is 5.97. The SMILES string of the molecule is CC(C)(C)C#CCOC1CCN(C2CCN(C(C)(C)C)CC2)CC1. The number of hydrogen-bond acceptors (Lipinski definition) is 3. The van der Waals surface area contributed by atoms with E-state index in [1.54, 1.807) is 0 Å². The molecule has 24 heavy (non-hydrogen) atoms. The molecule has 2 fully saturated rings. The van der Waals surface area contributed by atoms with Crippen molar-refractivity contribution in [1.82, 2.24) is 9.80 Å². The summed E-state index contributed by atoms with van der Waals surface area (Å²) in [6.07, 6.45) is 5.37. The highest BCUT2D eigenvalue weighted by Gasteiger charge is 2.31. The minimum atomic E-state index is 0.0780. The topological polar surface area (TPSA) is 15.7 Å². The van der Waals surface area contributed by atoms with Crippen molar-refractivity contribution in [1.29, 1.82) is 0 Å². The van der Waals surface area contributed by atoms with Crippen LogP contribution in [0.4, 0.5) is 0 Å². The van der Waals surface area contributed by atoms with Gasteiger partial charge in [-0.1, -0.05) is 11.8 Å². The lowest BCUT2D eigenvalue weighted by Crippen LogP contribution is -2.52. The quantitative estimate of drug-likeness (QED) is 0.731. The highest BCUT2D eigenvalue weighted by Crippen LogP contribution is 2.25. The van der Waals surface area contributed by atoms with Gasteiger partial charge >= 0.3 is 0 Å². The van der Waals surface area contributed by atoms with Crippen molar-refractivity contribution >= 4 is 0 Å². The van der Waals surface area contributed by atoms with Gasteiger partial charge in [0.2, 0.25) is 0 Å². The van der Waals surface area contributed by atoms with E-state index >= 15 is 0 Å². The van der Waals surface area contributed by atoms with Gasteiger partial charge in [-0.15, -0.1) is 0 Å². The fourth-order valence-corrected chi connectivity index (χ4v) is 3.77. The summed E-state index contributed by atoms with van der Waals surface area (Å²) in [7, 11) is 0. The summed E-state index contributed by atoms with van der Waals surface area (Å²) in [6, 6.07) is 0.783. The molecule has 2 saturated heterocycles. The molecule has 3 heteroatoms. The fourth-order valence-electron chi connectivity index (χ4n) is 3.77. The van der Waals surface area contributed by atoms with Gasteiger partial charge < -0.3 is 9.64 Å². The van der Waals surface area contributed by atoms with Crippen LogP contribution in [-0.4, -0.2) is 60.3 Å². The van der Waals surface area contributed by atoms with Gasteiger partial charge in [0, 0.05) is 43.2 Å². The lowest BCUT2D eigenvalue weighted by molar-refractivity contribution is -0.00453. The Hall–Kier alpha value is -0.560. The lowest BCUT2D eigenvalue weighted by Gasteiger charge is -2.45. The first-order valence-corrected chi connectivity index (χ1v) is 9.76. The molecule has 138 valence electrons. The molecule has 0 bridgehead atoms. The molecule has 0 radical (unpaired) electrons. The average molecular weight is 335 g/mol. The van der Waals surface area contributed by atoms with Crippen molar-refractivity contribution in [2.75, 3.05) is 32.8 Å². The molecule has 0 atom stereocenters. The summed E-state index contributed by atoms with van der Waals surface area (Å²) in [6.45, 7) is 18.9. The first kappa shape index (κ1) is 19.8. The van der Waals surface area contributed by atoms with Crippen molar-refractivity contribution in [3.05, 3.63) is 0 Å². The van der Waals surface area contributed by atoms with E-state index in [4.69, 9.17) is 4.74 Å². The van der Waals surface area contributed by atoms with Crippen LogP contribution in [0.3, 0.4) is 0 Å². The lowest BCUT2D eigenvalue weighted by atomic mass is 9.95. The molecule has 3 nitrogen and oxygen atoms in total. The van der Waals surface area contributed by atoms with Gasteiger partial charge in [0.15, 0.2) is 0 Å². The highest BCUT2D eigenvalue weighted by atomic mass is 16.5. The van der Waals surface area contributed by atoms with E-state index in [1.807, 2.05) is 0 Å². The third kappa shape index (κ3) is 6.39. The Bertz CT molecular complexity index is 433. The molecule has 0 spiro atoms. The summed E-state index contributed by atoms with van der Waals surface area (Å²) in [5.74, 6) is 6.42. The monoisotopic (exact) mass is 334 g/mol. The minimum Gasteiger partial charge on any atom is -0.365 e. The molecule has 0 amide bonds. The van der Waals surface area contributed by atoms with Crippen LogP contribution in [0.15, 0.2) is 0 Å². The predicted octanol–water partition coefficient (Wildman–Crippen LogP) is 3.78. The van der Waals surface area contributed by atoms with E-state index < -0.39 is 0 Å². The van der Waals surface area contributed by atoms with Crippen LogP contribution >= 0.6 is 0 Å². The Labute approximate surface area is 150 Å². The van der Waals surface area contributed by atoms with Crippen LogP contribution in [0.2, 0.25) is 0 Å². The van der Waals surface area contributed by atoms with Gasteiger partial charge in [0.25, 0.3) is 0 Å². The highest BCUT2D eigenvalue weighted by molar-refractivity contribution is 5.07. The van der Waals surface area contributed by atoms with Crippen molar-refractivity contribution in [2.45, 2.75) is 84.9 Å². The van der Waals surface area contributed by atoms with Gasteiger partial charge in [-0.25, -0.2) is 0 Å². The number of piperidine rings is 2. The number of hydrogen-bond donors (Lipinski definition) is 0. The zero-order chi connectivity index (χ0) is 17.8. The summed E-state index contributed by atoms with van der Waals surface area (Å²) < 4.78 is 5.97. The summed E-state index contributed by atoms with van der Waals surface area (Å²) in [5.41, 5.74) is 0.397. The van der Waals surface area contributed by atoms with Gasteiger partial charge in [-0.3, -0.25) is 4.90 Å². The Morgan fingerprint density at radius 2 is 1.46 bits per heavy atom. The number of likely N-dealkylation sites (tertiary alicyclic amines) is 2. The van der Waals surface area contributed by atoms with Gasteiger partial charge in [0.1, 0.15) is 6.61 Å². The second-order valence-corrected chi connectivity index (χ2v) is 9.49. The normalized spacial score (nSPS) is 23.1. The molecule has 2 rings (SSSR count). The van der Waals surface area contributed by atoms with E-state index in [9.17, 15) is 0 Å². The van der Waals surface area contributed by atoms with E-state index in [-0.39, 0.29) is 5.41 Å².